The summed E-state index contributed by atoms with van der Waals surface area (Å²) in [5, 5.41) is 12.2. The molecule has 1 rings (SSSR count). The first-order valence-electron chi connectivity index (χ1n) is 5.20. The van der Waals surface area contributed by atoms with Crippen LogP contribution in [0.3, 0.4) is 0 Å². The van der Waals surface area contributed by atoms with Gasteiger partial charge in [-0.2, -0.15) is 0 Å². The molecule has 94 valence electrons. The SMILES string of the molecule is CC(C)(CO)CNC(=O)c1cccc(Br)c1Cl. The number of benzene rings is 1. The van der Waals surface area contributed by atoms with Gasteiger partial charge in [0.25, 0.3) is 5.91 Å². The van der Waals surface area contributed by atoms with Crippen LogP contribution in [0.5, 0.6) is 0 Å². The van der Waals surface area contributed by atoms with Crippen molar-refractivity contribution in [2.24, 2.45) is 5.41 Å². The Bertz CT molecular complexity index is 421. The van der Waals surface area contributed by atoms with E-state index in [0.717, 1.165) is 0 Å². The number of aliphatic hydroxyl groups excluding tert-OH is 1. The van der Waals surface area contributed by atoms with E-state index in [1.807, 2.05) is 13.8 Å². The highest BCUT2D eigenvalue weighted by atomic mass is 79.9. The van der Waals surface area contributed by atoms with Gasteiger partial charge < -0.3 is 10.4 Å². The average molecular weight is 321 g/mol. The first-order valence-corrected chi connectivity index (χ1v) is 6.37. The van der Waals surface area contributed by atoms with E-state index in [9.17, 15) is 4.79 Å². The van der Waals surface area contributed by atoms with Crippen molar-refractivity contribution in [2.45, 2.75) is 13.8 Å². The molecule has 0 aromatic heterocycles. The zero-order valence-electron chi connectivity index (χ0n) is 9.76. The van der Waals surface area contributed by atoms with Gasteiger partial charge in [-0.05, 0) is 28.1 Å². The normalized spacial score (nSPS) is 11.4. The molecule has 0 saturated carbocycles. The molecule has 1 aromatic rings. The summed E-state index contributed by atoms with van der Waals surface area (Å²) in [4.78, 5) is 11.9. The lowest BCUT2D eigenvalue weighted by Crippen LogP contribution is -2.36. The number of carbonyl (C=O) groups excluding carboxylic acids is 1. The van der Waals surface area contributed by atoms with Crippen molar-refractivity contribution in [3.8, 4) is 0 Å². The van der Waals surface area contributed by atoms with E-state index in [1.54, 1.807) is 18.2 Å². The minimum atomic E-state index is -0.339. The van der Waals surface area contributed by atoms with Crippen molar-refractivity contribution in [3.63, 3.8) is 0 Å². The van der Waals surface area contributed by atoms with Gasteiger partial charge in [-0.1, -0.05) is 31.5 Å². The third-order valence-electron chi connectivity index (χ3n) is 2.35. The van der Waals surface area contributed by atoms with Gasteiger partial charge in [-0.25, -0.2) is 0 Å². The summed E-state index contributed by atoms with van der Waals surface area (Å²) in [5.74, 6) is -0.238. The van der Waals surface area contributed by atoms with E-state index in [2.05, 4.69) is 21.2 Å². The summed E-state index contributed by atoms with van der Waals surface area (Å²) in [6, 6.07) is 5.19. The maximum Gasteiger partial charge on any atom is 0.252 e. The minimum Gasteiger partial charge on any atom is -0.396 e. The molecular weight excluding hydrogens is 305 g/mol. The van der Waals surface area contributed by atoms with E-state index in [0.29, 0.717) is 21.6 Å². The molecule has 0 aliphatic heterocycles. The standard InChI is InChI=1S/C12H15BrClNO2/c1-12(2,7-16)6-15-11(17)8-4-3-5-9(13)10(8)14/h3-5,16H,6-7H2,1-2H3,(H,15,17). The van der Waals surface area contributed by atoms with Crippen molar-refractivity contribution in [1.82, 2.24) is 5.32 Å². The summed E-state index contributed by atoms with van der Waals surface area (Å²) in [6.45, 7) is 4.15. The number of rotatable bonds is 4. The molecule has 2 N–H and O–H groups in total. The van der Waals surface area contributed by atoms with Gasteiger partial charge in [-0.15, -0.1) is 0 Å². The van der Waals surface area contributed by atoms with Crippen LogP contribution in [0.4, 0.5) is 0 Å². The molecule has 1 aromatic carbocycles. The average Bonchev–Trinajstić information content (AvgIpc) is 2.30. The number of hydrogen-bond acceptors (Lipinski definition) is 2. The highest BCUT2D eigenvalue weighted by Crippen LogP contribution is 2.26. The number of aliphatic hydroxyl groups is 1. The smallest absolute Gasteiger partial charge is 0.252 e. The van der Waals surface area contributed by atoms with Crippen LogP contribution in [0.25, 0.3) is 0 Å². The van der Waals surface area contributed by atoms with Gasteiger partial charge in [0.2, 0.25) is 0 Å². The topological polar surface area (TPSA) is 49.3 Å². The molecule has 5 heteroatoms. The van der Waals surface area contributed by atoms with Crippen LogP contribution in [0.1, 0.15) is 24.2 Å². The Morgan fingerprint density at radius 2 is 2.18 bits per heavy atom. The van der Waals surface area contributed by atoms with Crippen LogP contribution in [0.2, 0.25) is 5.02 Å². The van der Waals surface area contributed by atoms with Crippen LogP contribution in [0.15, 0.2) is 22.7 Å². The summed E-state index contributed by atoms with van der Waals surface area (Å²) < 4.78 is 0.688. The van der Waals surface area contributed by atoms with Crippen LogP contribution in [-0.2, 0) is 0 Å². The Balaban J connectivity index is 2.74. The first kappa shape index (κ1) is 14.5. The second kappa shape index (κ2) is 5.85. The third-order valence-corrected chi connectivity index (χ3v) is 3.65. The number of amides is 1. The predicted octanol–water partition coefficient (Wildman–Crippen LogP) is 2.85. The number of carbonyl (C=O) groups is 1. The Hall–Kier alpha value is -0.580. The molecule has 0 aliphatic carbocycles. The molecule has 0 unspecified atom stereocenters. The lowest BCUT2D eigenvalue weighted by Gasteiger charge is -2.22. The monoisotopic (exact) mass is 319 g/mol. The molecular formula is C12H15BrClNO2. The molecule has 0 radical (unpaired) electrons. The number of nitrogens with one attached hydrogen (secondary N) is 1. The minimum absolute atomic E-state index is 0.0134. The second-order valence-corrected chi connectivity index (χ2v) is 5.84. The molecule has 3 nitrogen and oxygen atoms in total. The summed E-state index contributed by atoms with van der Waals surface area (Å²) >= 11 is 9.28. The fraction of sp³-hybridized carbons (Fsp3) is 0.417. The molecule has 0 spiro atoms. The fourth-order valence-corrected chi connectivity index (χ4v) is 1.73. The van der Waals surface area contributed by atoms with Crippen LogP contribution in [0, 0.1) is 5.41 Å². The lowest BCUT2D eigenvalue weighted by molar-refractivity contribution is 0.0911. The van der Waals surface area contributed by atoms with Gasteiger partial charge in [0.05, 0.1) is 10.6 Å². The zero-order valence-corrected chi connectivity index (χ0v) is 12.1. The molecule has 0 aliphatic rings. The predicted molar refractivity (Wildman–Crippen MR) is 72.4 cm³/mol. The fourth-order valence-electron chi connectivity index (χ4n) is 1.15. The number of halogens is 2. The molecule has 17 heavy (non-hydrogen) atoms. The maximum absolute atomic E-state index is 11.9. The van der Waals surface area contributed by atoms with Gasteiger partial charge in [0.15, 0.2) is 0 Å². The molecule has 1 amide bonds. The van der Waals surface area contributed by atoms with Crippen molar-refractivity contribution < 1.29 is 9.90 Å². The maximum atomic E-state index is 11.9. The zero-order chi connectivity index (χ0) is 13.1. The van der Waals surface area contributed by atoms with Crippen LogP contribution < -0.4 is 5.32 Å². The second-order valence-electron chi connectivity index (χ2n) is 4.61. The van der Waals surface area contributed by atoms with E-state index in [4.69, 9.17) is 16.7 Å². The highest BCUT2D eigenvalue weighted by Gasteiger charge is 2.19. The summed E-state index contributed by atoms with van der Waals surface area (Å²) in [5.41, 5.74) is 0.0866. The lowest BCUT2D eigenvalue weighted by atomic mass is 9.95. The van der Waals surface area contributed by atoms with E-state index >= 15 is 0 Å². The summed E-state index contributed by atoms with van der Waals surface area (Å²) in [6.07, 6.45) is 0. The Kier molecular flexibility index (Phi) is 4.98. The van der Waals surface area contributed by atoms with Gasteiger partial charge in [0, 0.05) is 23.0 Å². The van der Waals surface area contributed by atoms with E-state index < -0.39 is 0 Å². The Morgan fingerprint density at radius 1 is 1.53 bits per heavy atom. The van der Waals surface area contributed by atoms with Crippen molar-refractivity contribution in [2.75, 3.05) is 13.2 Å². The molecule has 0 atom stereocenters. The highest BCUT2D eigenvalue weighted by molar-refractivity contribution is 9.10. The van der Waals surface area contributed by atoms with E-state index in [-0.39, 0.29) is 17.9 Å². The Morgan fingerprint density at radius 3 is 2.76 bits per heavy atom. The molecule has 0 heterocycles. The van der Waals surface area contributed by atoms with Gasteiger partial charge in [-0.3, -0.25) is 4.79 Å². The molecule has 0 bridgehead atoms. The van der Waals surface area contributed by atoms with Gasteiger partial charge in [0.1, 0.15) is 0 Å². The van der Waals surface area contributed by atoms with Crippen molar-refractivity contribution in [1.29, 1.82) is 0 Å². The van der Waals surface area contributed by atoms with Crippen LogP contribution >= 0.6 is 27.5 Å². The third kappa shape index (κ3) is 3.98. The molecule has 0 fully saturated rings. The number of hydrogen-bond donors (Lipinski definition) is 2. The largest absolute Gasteiger partial charge is 0.396 e. The van der Waals surface area contributed by atoms with Gasteiger partial charge >= 0.3 is 0 Å². The first-order chi connectivity index (χ1) is 7.87. The Labute approximate surface area is 114 Å². The van der Waals surface area contributed by atoms with E-state index in [1.165, 1.54) is 0 Å². The quantitative estimate of drug-likeness (QED) is 0.896. The van der Waals surface area contributed by atoms with Crippen LogP contribution in [-0.4, -0.2) is 24.2 Å². The van der Waals surface area contributed by atoms with Crippen molar-refractivity contribution >= 4 is 33.4 Å². The summed E-state index contributed by atoms with van der Waals surface area (Å²) in [7, 11) is 0. The molecule has 0 saturated heterocycles. The van der Waals surface area contributed by atoms with Crippen molar-refractivity contribution in [3.05, 3.63) is 33.3 Å².